The van der Waals surface area contributed by atoms with Gasteiger partial charge in [0.25, 0.3) is 5.91 Å². The molecule has 3 aromatic carbocycles. The van der Waals surface area contributed by atoms with Gasteiger partial charge in [-0.15, -0.1) is 0 Å². The molecule has 1 aromatic heterocycles. The lowest BCUT2D eigenvalue weighted by atomic mass is 10.1. The number of aryl methyl sites for hydroxylation is 1. The van der Waals surface area contributed by atoms with Gasteiger partial charge >= 0.3 is 0 Å². The first-order valence-corrected chi connectivity index (χ1v) is 13.5. The Bertz CT molecular complexity index is 1530. The zero-order valence-electron chi connectivity index (χ0n) is 19.8. The van der Waals surface area contributed by atoms with Gasteiger partial charge in [0.15, 0.2) is 5.11 Å². The van der Waals surface area contributed by atoms with Crippen LogP contribution < -0.4 is 9.64 Å². The third-order valence-corrected chi connectivity index (χ3v) is 7.66. The van der Waals surface area contributed by atoms with E-state index in [1.807, 2.05) is 43.5 Å². The van der Waals surface area contributed by atoms with E-state index in [-0.39, 0.29) is 5.91 Å². The fourth-order valence-corrected chi connectivity index (χ4v) is 5.26. The first-order valence-electron chi connectivity index (χ1n) is 11.6. The van der Waals surface area contributed by atoms with Crippen LogP contribution in [0.3, 0.4) is 0 Å². The van der Waals surface area contributed by atoms with Gasteiger partial charge in [-0.25, -0.2) is 0 Å². The number of hydrogen-bond acceptors (Lipinski definition) is 3. The summed E-state index contributed by atoms with van der Waals surface area (Å²) >= 11 is 21.4. The van der Waals surface area contributed by atoms with Crippen LogP contribution in [-0.4, -0.2) is 34.1 Å². The molecular weight excluding hydrogens is 593 g/mol. The summed E-state index contributed by atoms with van der Waals surface area (Å²) in [4.78, 5) is 16.7. The van der Waals surface area contributed by atoms with Crippen molar-refractivity contribution in [2.75, 3.05) is 18.6 Å². The summed E-state index contributed by atoms with van der Waals surface area (Å²) < 4.78 is 9.00. The number of likely N-dealkylation sites (N-methyl/N-ethyl adjacent to an activating group) is 1. The Balaban J connectivity index is 1.41. The normalized spacial score (nSPS) is 14.9. The molecule has 0 saturated carbocycles. The minimum Gasteiger partial charge on any atom is -0.492 e. The molecule has 0 bridgehead atoms. The fraction of sp³-hybridized carbons (Fsp3) is 0.143. The summed E-state index contributed by atoms with van der Waals surface area (Å²) in [6, 6.07) is 20.7. The topological polar surface area (TPSA) is 37.7 Å². The maximum atomic E-state index is 13.5. The van der Waals surface area contributed by atoms with Crippen LogP contribution in [0.15, 0.2) is 83.1 Å². The van der Waals surface area contributed by atoms with E-state index in [1.54, 1.807) is 29.2 Å². The standard InChI is InChI=1S/C28H22BrCl2N3O2S/c1-32-25(27(35)34(28(32)37)21-10-8-20(30)9-11-21)15-18-17-33(24-12-7-19(29)16-22(18)24)13-4-14-36-26-6-3-2-5-23(26)31/h2-3,5-12,15-17H,4,13-14H2,1H3/b25-15-. The molecule has 5 nitrogen and oxygen atoms in total. The van der Waals surface area contributed by atoms with Crippen molar-refractivity contribution < 1.29 is 9.53 Å². The van der Waals surface area contributed by atoms with Gasteiger partial charge in [0.05, 0.1) is 17.3 Å². The minimum atomic E-state index is -0.182. The lowest BCUT2D eigenvalue weighted by Crippen LogP contribution is -2.31. The average molecular weight is 615 g/mol. The molecule has 0 radical (unpaired) electrons. The Kier molecular flexibility index (Phi) is 7.58. The number of aromatic nitrogens is 1. The number of carbonyl (C=O) groups is 1. The molecule has 1 amide bonds. The number of fused-ring (bicyclic) bond motifs is 1. The molecule has 188 valence electrons. The molecule has 1 saturated heterocycles. The maximum absolute atomic E-state index is 13.5. The zero-order valence-corrected chi connectivity index (χ0v) is 23.7. The molecule has 9 heteroatoms. The molecule has 4 aromatic rings. The van der Waals surface area contributed by atoms with E-state index >= 15 is 0 Å². The fourth-order valence-electron chi connectivity index (χ4n) is 4.30. The van der Waals surface area contributed by atoms with Gasteiger partial charge in [-0.2, -0.15) is 0 Å². The summed E-state index contributed by atoms with van der Waals surface area (Å²) in [5.74, 6) is 0.499. The lowest BCUT2D eigenvalue weighted by molar-refractivity contribution is -0.114. The van der Waals surface area contributed by atoms with Gasteiger partial charge in [-0.1, -0.05) is 51.3 Å². The van der Waals surface area contributed by atoms with Crippen molar-refractivity contribution in [2.24, 2.45) is 0 Å². The van der Waals surface area contributed by atoms with Crippen LogP contribution in [0.25, 0.3) is 17.0 Å². The van der Waals surface area contributed by atoms with Gasteiger partial charge in [0.2, 0.25) is 0 Å². The highest BCUT2D eigenvalue weighted by Gasteiger charge is 2.37. The van der Waals surface area contributed by atoms with E-state index in [0.29, 0.717) is 38.9 Å². The highest BCUT2D eigenvalue weighted by molar-refractivity contribution is 9.10. The van der Waals surface area contributed by atoms with Crippen LogP contribution in [0, 0.1) is 0 Å². The third kappa shape index (κ3) is 5.27. The summed E-state index contributed by atoms with van der Waals surface area (Å²) in [5, 5.41) is 2.65. The van der Waals surface area contributed by atoms with E-state index in [0.717, 1.165) is 33.9 Å². The molecule has 0 spiro atoms. The van der Waals surface area contributed by atoms with Gasteiger partial charge in [0, 0.05) is 45.8 Å². The van der Waals surface area contributed by atoms with Crippen LogP contribution in [-0.2, 0) is 11.3 Å². The van der Waals surface area contributed by atoms with Crippen molar-refractivity contribution in [3.05, 3.63) is 98.7 Å². The number of anilines is 1. The number of thiocarbonyl (C=S) groups is 1. The van der Waals surface area contributed by atoms with Gasteiger partial charge in [0.1, 0.15) is 11.4 Å². The number of carbonyl (C=O) groups excluding carboxylic acids is 1. The number of amides is 1. The second kappa shape index (κ2) is 10.9. The number of halogens is 3. The van der Waals surface area contributed by atoms with Crippen LogP contribution >= 0.6 is 51.3 Å². The number of benzene rings is 3. The summed E-state index contributed by atoms with van der Waals surface area (Å²) in [7, 11) is 1.81. The van der Waals surface area contributed by atoms with Gasteiger partial charge < -0.3 is 14.2 Å². The smallest absolute Gasteiger partial charge is 0.281 e. The summed E-state index contributed by atoms with van der Waals surface area (Å²) in [6.45, 7) is 1.27. The van der Waals surface area contributed by atoms with E-state index in [1.165, 1.54) is 4.90 Å². The Morgan fingerprint density at radius 2 is 1.81 bits per heavy atom. The lowest BCUT2D eigenvalue weighted by Gasteiger charge is -2.16. The second-order valence-electron chi connectivity index (χ2n) is 8.56. The second-order valence-corrected chi connectivity index (χ2v) is 10.7. The van der Waals surface area contributed by atoms with Crippen molar-refractivity contribution in [1.82, 2.24) is 9.47 Å². The number of nitrogens with zero attached hydrogens (tertiary/aromatic N) is 3. The average Bonchev–Trinajstić information content (AvgIpc) is 3.32. The van der Waals surface area contributed by atoms with Crippen LogP contribution in [0.5, 0.6) is 5.75 Å². The predicted octanol–water partition coefficient (Wildman–Crippen LogP) is 7.78. The minimum absolute atomic E-state index is 0.182. The number of hydrogen-bond donors (Lipinski definition) is 0. The SMILES string of the molecule is CN1C(=S)N(c2ccc(Cl)cc2)C(=O)/C1=C/c1cn(CCCOc2ccccc2Cl)c2ccc(Br)cc12. The van der Waals surface area contributed by atoms with E-state index in [2.05, 4.69) is 38.8 Å². The van der Waals surface area contributed by atoms with E-state index in [9.17, 15) is 4.79 Å². The molecule has 1 aliphatic heterocycles. The molecule has 1 fully saturated rings. The van der Waals surface area contributed by atoms with Gasteiger partial charge in [-0.05, 0) is 79.3 Å². The van der Waals surface area contributed by atoms with Crippen molar-refractivity contribution in [2.45, 2.75) is 13.0 Å². The highest BCUT2D eigenvalue weighted by Crippen LogP contribution is 2.32. The van der Waals surface area contributed by atoms with Crippen molar-refractivity contribution in [1.29, 1.82) is 0 Å². The first kappa shape index (κ1) is 25.8. The summed E-state index contributed by atoms with van der Waals surface area (Å²) in [6.07, 6.45) is 4.75. The molecular formula is C28H22BrCl2N3O2S. The van der Waals surface area contributed by atoms with Gasteiger partial charge in [-0.3, -0.25) is 9.69 Å². The Labute approximate surface area is 238 Å². The quantitative estimate of drug-likeness (QED) is 0.121. The molecule has 1 aliphatic rings. The number of para-hydroxylation sites is 1. The molecule has 0 atom stereocenters. The van der Waals surface area contributed by atoms with E-state index in [4.69, 9.17) is 40.2 Å². The van der Waals surface area contributed by atoms with Crippen LogP contribution in [0.4, 0.5) is 5.69 Å². The zero-order chi connectivity index (χ0) is 26.1. The van der Waals surface area contributed by atoms with Crippen molar-refractivity contribution >= 4 is 85.0 Å². The molecule has 2 heterocycles. The largest absolute Gasteiger partial charge is 0.492 e. The molecule has 37 heavy (non-hydrogen) atoms. The molecule has 5 rings (SSSR count). The van der Waals surface area contributed by atoms with E-state index < -0.39 is 0 Å². The highest BCUT2D eigenvalue weighted by atomic mass is 79.9. The Morgan fingerprint density at radius 1 is 1.05 bits per heavy atom. The Morgan fingerprint density at radius 3 is 2.57 bits per heavy atom. The number of rotatable bonds is 7. The van der Waals surface area contributed by atoms with Crippen LogP contribution in [0.2, 0.25) is 10.0 Å². The first-order chi connectivity index (χ1) is 17.8. The predicted molar refractivity (Wildman–Crippen MR) is 158 cm³/mol. The van der Waals surface area contributed by atoms with Crippen molar-refractivity contribution in [3.63, 3.8) is 0 Å². The monoisotopic (exact) mass is 613 g/mol. The molecule has 0 unspecified atom stereocenters. The van der Waals surface area contributed by atoms with Crippen molar-refractivity contribution in [3.8, 4) is 5.75 Å². The Hall–Kier alpha value is -2.84. The maximum Gasteiger partial charge on any atom is 0.281 e. The third-order valence-electron chi connectivity index (χ3n) is 6.15. The molecule has 0 aliphatic carbocycles. The van der Waals surface area contributed by atoms with Crippen LogP contribution in [0.1, 0.15) is 12.0 Å². The number of ether oxygens (including phenoxy) is 1. The summed E-state index contributed by atoms with van der Waals surface area (Å²) in [5.41, 5.74) is 3.18. The molecule has 0 N–H and O–H groups in total.